The SMILES string of the molecule is CNc1ccc2nc(CCC(=O)NCCCN(C)C(C)c3ccc(Cl)c(Cl)c3)sc2n1. The van der Waals surface area contributed by atoms with Gasteiger partial charge in [-0.05, 0) is 50.2 Å². The second-order valence-electron chi connectivity index (χ2n) is 7.41. The first kappa shape index (κ1) is 23.7. The van der Waals surface area contributed by atoms with E-state index in [1.807, 2.05) is 37.4 Å². The predicted octanol–water partition coefficient (Wildman–Crippen LogP) is 5.17. The first-order valence-electron chi connectivity index (χ1n) is 10.2. The number of pyridine rings is 1. The number of hydrogen-bond acceptors (Lipinski definition) is 6. The summed E-state index contributed by atoms with van der Waals surface area (Å²) in [5.74, 6) is 0.863. The molecule has 6 nitrogen and oxygen atoms in total. The van der Waals surface area contributed by atoms with E-state index in [0.29, 0.717) is 29.4 Å². The summed E-state index contributed by atoms with van der Waals surface area (Å²) in [6, 6.07) is 9.78. The number of aromatic nitrogens is 2. The van der Waals surface area contributed by atoms with E-state index < -0.39 is 0 Å². The van der Waals surface area contributed by atoms with Crippen LogP contribution in [0, 0.1) is 0 Å². The van der Waals surface area contributed by atoms with Crippen LogP contribution in [0.15, 0.2) is 30.3 Å². The van der Waals surface area contributed by atoms with Gasteiger partial charge in [-0.1, -0.05) is 40.6 Å². The predicted molar refractivity (Wildman–Crippen MR) is 130 cm³/mol. The molecule has 2 N–H and O–H groups in total. The van der Waals surface area contributed by atoms with Gasteiger partial charge in [-0.2, -0.15) is 0 Å². The first-order valence-corrected chi connectivity index (χ1v) is 11.8. The minimum atomic E-state index is 0.0447. The van der Waals surface area contributed by atoms with Crippen LogP contribution in [-0.4, -0.2) is 48.0 Å². The van der Waals surface area contributed by atoms with Crippen molar-refractivity contribution in [1.82, 2.24) is 20.2 Å². The van der Waals surface area contributed by atoms with E-state index in [2.05, 4.69) is 39.5 Å². The molecule has 1 unspecified atom stereocenters. The number of anilines is 1. The Bertz CT molecular complexity index is 1040. The van der Waals surface area contributed by atoms with Crippen LogP contribution in [0.1, 0.15) is 36.4 Å². The molecule has 0 bridgehead atoms. The van der Waals surface area contributed by atoms with Crippen molar-refractivity contribution in [3.63, 3.8) is 0 Å². The molecule has 2 heterocycles. The first-order chi connectivity index (χ1) is 14.9. The number of thiazole rings is 1. The van der Waals surface area contributed by atoms with E-state index in [4.69, 9.17) is 23.2 Å². The standard InChI is InChI=1S/C22H27Cl2N5OS/c1-14(15-5-6-16(23)17(24)13-15)29(3)12-4-11-26-20(30)9-10-21-27-18-7-8-19(25-2)28-22(18)31-21/h5-8,13-14H,4,9-12H2,1-3H3,(H,25,28)(H,26,30). The van der Waals surface area contributed by atoms with Gasteiger partial charge in [0.05, 0.1) is 15.1 Å². The van der Waals surface area contributed by atoms with Crippen LogP contribution in [0.4, 0.5) is 5.82 Å². The highest BCUT2D eigenvalue weighted by atomic mass is 35.5. The quantitative estimate of drug-likeness (QED) is 0.392. The lowest BCUT2D eigenvalue weighted by molar-refractivity contribution is -0.121. The van der Waals surface area contributed by atoms with Gasteiger partial charge in [-0.25, -0.2) is 9.97 Å². The van der Waals surface area contributed by atoms with Gasteiger partial charge in [0.15, 0.2) is 0 Å². The third-order valence-electron chi connectivity index (χ3n) is 5.22. The minimum Gasteiger partial charge on any atom is -0.373 e. The van der Waals surface area contributed by atoms with E-state index >= 15 is 0 Å². The van der Waals surface area contributed by atoms with Gasteiger partial charge in [0.25, 0.3) is 0 Å². The van der Waals surface area contributed by atoms with Gasteiger partial charge < -0.3 is 10.6 Å². The van der Waals surface area contributed by atoms with E-state index in [-0.39, 0.29) is 11.9 Å². The lowest BCUT2D eigenvalue weighted by Gasteiger charge is -2.25. The van der Waals surface area contributed by atoms with Gasteiger partial charge in [0.1, 0.15) is 16.2 Å². The largest absolute Gasteiger partial charge is 0.373 e. The molecular formula is C22H27Cl2N5OS. The minimum absolute atomic E-state index is 0.0447. The lowest BCUT2D eigenvalue weighted by Crippen LogP contribution is -2.29. The van der Waals surface area contributed by atoms with Crippen molar-refractivity contribution in [2.24, 2.45) is 0 Å². The molecule has 0 fully saturated rings. The summed E-state index contributed by atoms with van der Waals surface area (Å²) in [5, 5.41) is 8.09. The molecule has 0 saturated carbocycles. The van der Waals surface area contributed by atoms with Crippen LogP contribution in [0.2, 0.25) is 10.0 Å². The molecule has 0 radical (unpaired) electrons. The number of rotatable bonds is 10. The Morgan fingerprint density at radius 1 is 1.19 bits per heavy atom. The third kappa shape index (κ3) is 6.53. The summed E-state index contributed by atoms with van der Waals surface area (Å²) >= 11 is 13.7. The van der Waals surface area contributed by atoms with Gasteiger partial charge in [-0.15, -0.1) is 0 Å². The second kappa shape index (κ2) is 11.1. The third-order valence-corrected chi connectivity index (χ3v) is 6.98. The Morgan fingerprint density at radius 2 is 2.00 bits per heavy atom. The van der Waals surface area contributed by atoms with Crippen molar-refractivity contribution < 1.29 is 4.79 Å². The van der Waals surface area contributed by atoms with Crippen molar-refractivity contribution in [2.45, 2.75) is 32.2 Å². The zero-order valence-corrected chi connectivity index (χ0v) is 20.2. The maximum atomic E-state index is 12.2. The molecule has 0 spiro atoms. The van der Waals surface area contributed by atoms with Crippen molar-refractivity contribution in [1.29, 1.82) is 0 Å². The van der Waals surface area contributed by atoms with Gasteiger partial charge in [0.2, 0.25) is 5.91 Å². The van der Waals surface area contributed by atoms with Crippen LogP contribution in [0.5, 0.6) is 0 Å². The number of benzene rings is 1. The Balaban J connectivity index is 1.38. The number of halogens is 2. The average Bonchev–Trinajstić information content (AvgIpc) is 3.18. The van der Waals surface area contributed by atoms with Crippen LogP contribution in [0.3, 0.4) is 0 Å². The topological polar surface area (TPSA) is 70.2 Å². The highest BCUT2D eigenvalue weighted by Crippen LogP contribution is 2.27. The maximum Gasteiger partial charge on any atom is 0.220 e. The Labute approximate surface area is 197 Å². The van der Waals surface area contributed by atoms with Crippen molar-refractivity contribution >= 4 is 56.6 Å². The summed E-state index contributed by atoms with van der Waals surface area (Å²) in [7, 11) is 3.90. The van der Waals surface area contributed by atoms with E-state index in [1.165, 1.54) is 11.3 Å². The summed E-state index contributed by atoms with van der Waals surface area (Å²) < 4.78 is 0. The van der Waals surface area contributed by atoms with E-state index in [0.717, 1.165) is 39.7 Å². The summed E-state index contributed by atoms with van der Waals surface area (Å²) in [5.41, 5.74) is 1.99. The zero-order chi connectivity index (χ0) is 22.4. The zero-order valence-electron chi connectivity index (χ0n) is 17.9. The van der Waals surface area contributed by atoms with Crippen LogP contribution in [-0.2, 0) is 11.2 Å². The van der Waals surface area contributed by atoms with Crippen molar-refractivity contribution in [3.05, 3.63) is 50.9 Å². The fraction of sp³-hybridized carbons (Fsp3) is 0.409. The maximum absolute atomic E-state index is 12.2. The average molecular weight is 480 g/mol. The fourth-order valence-corrected chi connectivity index (χ4v) is 4.43. The van der Waals surface area contributed by atoms with Gasteiger partial charge in [0, 0.05) is 39.0 Å². The highest BCUT2D eigenvalue weighted by molar-refractivity contribution is 7.18. The molecule has 3 aromatic rings. The molecule has 1 aromatic carbocycles. The highest BCUT2D eigenvalue weighted by Gasteiger charge is 2.13. The molecule has 1 amide bonds. The number of fused-ring (bicyclic) bond motifs is 1. The van der Waals surface area contributed by atoms with E-state index in [9.17, 15) is 4.79 Å². The normalized spacial score (nSPS) is 12.3. The summed E-state index contributed by atoms with van der Waals surface area (Å²) in [4.78, 5) is 24.4. The molecule has 9 heteroatoms. The molecule has 0 aliphatic heterocycles. The summed E-state index contributed by atoms with van der Waals surface area (Å²) in [6.45, 7) is 3.63. The number of nitrogens with zero attached hydrogens (tertiary/aromatic N) is 3. The molecule has 0 aliphatic carbocycles. The number of carbonyl (C=O) groups is 1. The molecule has 1 atom stereocenters. The number of nitrogens with one attached hydrogen (secondary N) is 2. The molecule has 0 saturated heterocycles. The number of carbonyl (C=O) groups excluding carboxylic acids is 1. The molecular weight excluding hydrogens is 453 g/mol. The second-order valence-corrected chi connectivity index (χ2v) is 9.29. The summed E-state index contributed by atoms with van der Waals surface area (Å²) in [6.07, 6.45) is 1.91. The van der Waals surface area contributed by atoms with Crippen molar-refractivity contribution in [2.75, 3.05) is 32.5 Å². The molecule has 31 heavy (non-hydrogen) atoms. The number of amides is 1. The molecule has 0 aliphatic rings. The lowest BCUT2D eigenvalue weighted by atomic mass is 10.1. The van der Waals surface area contributed by atoms with Crippen LogP contribution >= 0.6 is 34.5 Å². The smallest absolute Gasteiger partial charge is 0.220 e. The number of hydrogen-bond donors (Lipinski definition) is 2. The fourth-order valence-electron chi connectivity index (χ4n) is 3.19. The van der Waals surface area contributed by atoms with Gasteiger partial charge in [-0.3, -0.25) is 9.69 Å². The molecule has 166 valence electrons. The number of aryl methyl sites for hydroxylation is 1. The monoisotopic (exact) mass is 479 g/mol. The van der Waals surface area contributed by atoms with Crippen LogP contribution in [0.25, 0.3) is 10.3 Å². The Morgan fingerprint density at radius 3 is 2.74 bits per heavy atom. The van der Waals surface area contributed by atoms with Crippen LogP contribution < -0.4 is 10.6 Å². The Kier molecular flexibility index (Phi) is 8.49. The molecule has 2 aromatic heterocycles. The molecule has 3 rings (SSSR count). The van der Waals surface area contributed by atoms with Gasteiger partial charge >= 0.3 is 0 Å². The van der Waals surface area contributed by atoms with E-state index in [1.54, 1.807) is 0 Å². The van der Waals surface area contributed by atoms with Crippen molar-refractivity contribution in [3.8, 4) is 0 Å². The Hall–Kier alpha value is -1.93.